The van der Waals surface area contributed by atoms with E-state index < -0.39 is 0 Å². The molecule has 0 saturated heterocycles. The first-order valence-corrected chi connectivity index (χ1v) is 14.1. The third-order valence-corrected chi connectivity index (χ3v) is 5.29. The summed E-state index contributed by atoms with van der Waals surface area (Å²) in [4.78, 5) is 23.7. The highest BCUT2D eigenvalue weighted by molar-refractivity contribution is 5.69. The Balaban J connectivity index is 3.47. The number of rotatable bonds is 28. The highest BCUT2D eigenvalue weighted by Crippen LogP contribution is 2.04. The summed E-state index contributed by atoms with van der Waals surface area (Å²) in [6.45, 7) is 15.1. The molecule has 0 aromatic heterocycles. The Bertz CT molecular complexity index is 603. The summed E-state index contributed by atoms with van der Waals surface area (Å²) >= 11 is 0. The van der Waals surface area contributed by atoms with E-state index in [9.17, 15) is 9.59 Å². The molecule has 0 bridgehead atoms. The number of unbranched alkanes of at least 4 members (excludes halogenated alkanes) is 1. The average Bonchev–Trinajstić information content (AvgIpc) is 2.86. The largest absolute Gasteiger partial charge is 0.466 e. The lowest BCUT2D eigenvalue weighted by Crippen LogP contribution is -2.44. The van der Waals surface area contributed by atoms with Gasteiger partial charge in [-0.05, 0) is 47.0 Å². The summed E-state index contributed by atoms with van der Waals surface area (Å²) in [5.41, 5.74) is 10.8. The Labute approximate surface area is 235 Å². The van der Waals surface area contributed by atoms with E-state index in [-0.39, 0.29) is 29.4 Å². The molecule has 0 unspecified atom stereocenters. The quantitative estimate of drug-likeness (QED) is 0.0779. The second kappa shape index (κ2) is 24.4. The van der Waals surface area contributed by atoms with Crippen LogP contribution >= 0.6 is 0 Å². The minimum absolute atomic E-state index is 0.213. The molecule has 0 heterocycles. The molecule has 232 valence electrons. The number of nitrogens with one attached hydrogen (secondary N) is 2. The molecule has 0 fully saturated rings. The Morgan fingerprint density at radius 2 is 1.21 bits per heavy atom. The minimum atomic E-state index is -0.265. The number of nitrogens with two attached hydrogens (primary N) is 2. The van der Waals surface area contributed by atoms with Gasteiger partial charge in [-0.3, -0.25) is 9.59 Å². The lowest BCUT2D eigenvalue weighted by molar-refractivity contribution is -0.146. The van der Waals surface area contributed by atoms with Crippen LogP contribution in [0.3, 0.4) is 0 Å². The molecule has 39 heavy (non-hydrogen) atoms. The molecule has 0 spiro atoms. The SMILES string of the molecule is CC(C)(N)CCOCCOCCNCCC(=O)OCCCCOC(=O)CCNC(C)(C)COCCOCCN. The van der Waals surface area contributed by atoms with E-state index in [1.54, 1.807) is 0 Å². The summed E-state index contributed by atoms with van der Waals surface area (Å²) in [5, 5.41) is 6.44. The van der Waals surface area contributed by atoms with E-state index in [1.165, 1.54) is 0 Å². The number of carbonyl (C=O) groups excluding carboxylic acids is 2. The average molecular weight is 565 g/mol. The summed E-state index contributed by atoms with van der Waals surface area (Å²) in [5.74, 6) is -0.512. The third kappa shape index (κ3) is 29.4. The van der Waals surface area contributed by atoms with Gasteiger partial charge in [0.25, 0.3) is 0 Å². The Morgan fingerprint density at radius 1 is 0.667 bits per heavy atom. The number of hydrogen-bond acceptors (Lipinski definition) is 12. The molecule has 0 aliphatic heterocycles. The van der Waals surface area contributed by atoms with Gasteiger partial charge in [-0.1, -0.05) is 0 Å². The van der Waals surface area contributed by atoms with E-state index in [0.717, 1.165) is 6.42 Å². The first-order chi connectivity index (χ1) is 18.6. The fourth-order valence-electron chi connectivity index (χ4n) is 3.02. The zero-order valence-corrected chi connectivity index (χ0v) is 24.9. The molecule has 12 heteroatoms. The maximum atomic E-state index is 11.9. The Kier molecular flexibility index (Phi) is 23.6. The monoisotopic (exact) mass is 564 g/mol. The molecule has 0 rings (SSSR count). The summed E-state index contributed by atoms with van der Waals surface area (Å²) in [6.07, 6.45) is 2.66. The lowest BCUT2D eigenvalue weighted by Gasteiger charge is -2.26. The molecule has 0 amide bonds. The number of esters is 2. The van der Waals surface area contributed by atoms with Crippen LogP contribution < -0.4 is 22.1 Å². The van der Waals surface area contributed by atoms with Gasteiger partial charge < -0.3 is 50.5 Å². The van der Waals surface area contributed by atoms with Crippen LogP contribution in [-0.4, -0.2) is 115 Å². The molecule has 12 nitrogen and oxygen atoms in total. The van der Waals surface area contributed by atoms with Crippen LogP contribution in [0, 0.1) is 0 Å². The number of ether oxygens (including phenoxy) is 6. The molecule has 0 saturated carbocycles. The number of hydrogen-bond donors (Lipinski definition) is 4. The van der Waals surface area contributed by atoms with Crippen molar-refractivity contribution in [2.75, 3.05) is 92.2 Å². The van der Waals surface area contributed by atoms with Crippen LogP contribution in [0.1, 0.15) is 59.8 Å². The van der Waals surface area contributed by atoms with Gasteiger partial charge in [-0.25, -0.2) is 0 Å². The highest BCUT2D eigenvalue weighted by Gasteiger charge is 2.17. The van der Waals surface area contributed by atoms with Crippen LogP contribution in [0.5, 0.6) is 0 Å². The van der Waals surface area contributed by atoms with E-state index in [0.29, 0.717) is 112 Å². The van der Waals surface area contributed by atoms with Crippen molar-refractivity contribution in [3.63, 3.8) is 0 Å². The molecular weight excluding hydrogens is 508 g/mol. The van der Waals surface area contributed by atoms with Crippen LogP contribution in [0.25, 0.3) is 0 Å². The second-order valence-corrected chi connectivity index (χ2v) is 10.6. The van der Waals surface area contributed by atoms with E-state index in [4.69, 9.17) is 39.9 Å². The predicted octanol–water partition coefficient (Wildman–Crippen LogP) is 0.744. The molecule has 0 aromatic rings. The van der Waals surface area contributed by atoms with Crippen molar-refractivity contribution in [1.29, 1.82) is 0 Å². The molecule has 0 atom stereocenters. The first-order valence-electron chi connectivity index (χ1n) is 14.1. The Hall–Kier alpha value is -1.38. The lowest BCUT2D eigenvalue weighted by atomic mass is 10.0. The number of carbonyl (C=O) groups is 2. The fourth-order valence-corrected chi connectivity index (χ4v) is 3.02. The van der Waals surface area contributed by atoms with Gasteiger partial charge in [-0.2, -0.15) is 0 Å². The Morgan fingerprint density at radius 3 is 1.79 bits per heavy atom. The minimum Gasteiger partial charge on any atom is -0.466 e. The van der Waals surface area contributed by atoms with Gasteiger partial charge in [0.05, 0.1) is 72.3 Å². The van der Waals surface area contributed by atoms with Crippen LogP contribution in [0.15, 0.2) is 0 Å². The van der Waals surface area contributed by atoms with Gasteiger partial charge in [0.15, 0.2) is 0 Å². The van der Waals surface area contributed by atoms with Crippen molar-refractivity contribution < 1.29 is 38.0 Å². The summed E-state index contributed by atoms with van der Waals surface area (Å²) in [6, 6.07) is 0. The normalized spacial score (nSPS) is 12.1. The van der Waals surface area contributed by atoms with Gasteiger partial charge in [0, 0.05) is 43.9 Å². The van der Waals surface area contributed by atoms with Gasteiger partial charge in [-0.15, -0.1) is 0 Å². The molecule has 0 aliphatic rings. The van der Waals surface area contributed by atoms with Crippen molar-refractivity contribution in [2.45, 2.75) is 70.9 Å². The molecular formula is C27H56N4O8. The van der Waals surface area contributed by atoms with E-state index >= 15 is 0 Å². The van der Waals surface area contributed by atoms with Crippen LogP contribution in [-0.2, 0) is 38.0 Å². The fraction of sp³-hybridized carbons (Fsp3) is 0.926. The zero-order chi connectivity index (χ0) is 29.2. The topological polar surface area (TPSA) is 166 Å². The van der Waals surface area contributed by atoms with E-state index in [1.807, 2.05) is 27.7 Å². The van der Waals surface area contributed by atoms with Crippen molar-refractivity contribution >= 4 is 11.9 Å². The maximum absolute atomic E-state index is 11.9. The van der Waals surface area contributed by atoms with Crippen molar-refractivity contribution in [3.8, 4) is 0 Å². The van der Waals surface area contributed by atoms with Gasteiger partial charge >= 0.3 is 11.9 Å². The molecule has 0 radical (unpaired) electrons. The second-order valence-electron chi connectivity index (χ2n) is 10.6. The van der Waals surface area contributed by atoms with Crippen LogP contribution in [0.4, 0.5) is 0 Å². The highest BCUT2D eigenvalue weighted by atomic mass is 16.5. The van der Waals surface area contributed by atoms with E-state index in [2.05, 4.69) is 10.6 Å². The van der Waals surface area contributed by atoms with Crippen molar-refractivity contribution in [1.82, 2.24) is 10.6 Å². The van der Waals surface area contributed by atoms with Crippen molar-refractivity contribution in [2.24, 2.45) is 11.5 Å². The molecule has 0 aromatic carbocycles. The van der Waals surface area contributed by atoms with Crippen molar-refractivity contribution in [3.05, 3.63) is 0 Å². The first kappa shape index (κ1) is 37.6. The molecule has 0 aliphatic carbocycles. The summed E-state index contributed by atoms with van der Waals surface area (Å²) in [7, 11) is 0. The summed E-state index contributed by atoms with van der Waals surface area (Å²) < 4.78 is 32.2. The molecule has 6 N–H and O–H groups in total. The zero-order valence-electron chi connectivity index (χ0n) is 24.9. The maximum Gasteiger partial charge on any atom is 0.307 e. The van der Waals surface area contributed by atoms with Crippen LogP contribution in [0.2, 0.25) is 0 Å². The standard InChI is InChI=1S/C27H56N4O8/c1-26(2,29)9-16-34-19-20-36-18-13-30-11-7-24(32)38-14-5-6-15-39-25(33)8-12-31-27(3,4)23-37-22-21-35-17-10-28/h30-31H,5-23,28-29H2,1-4H3. The third-order valence-electron chi connectivity index (χ3n) is 5.29. The van der Waals surface area contributed by atoms with Gasteiger partial charge in [0.1, 0.15) is 0 Å². The predicted molar refractivity (Wildman–Crippen MR) is 151 cm³/mol. The van der Waals surface area contributed by atoms with Gasteiger partial charge in [0.2, 0.25) is 0 Å². The smallest absolute Gasteiger partial charge is 0.307 e.